The molecule has 9 heteroatoms. The second-order valence-corrected chi connectivity index (χ2v) is 8.92. The van der Waals surface area contributed by atoms with Gasteiger partial charge in [-0.15, -0.1) is 0 Å². The smallest absolute Gasteiger partial charge is 0.372 e. The van der Waals surface area contributed by atoms with Crippen LogP contribution in [0, 0.1) is 18.3 Å². The minimum Gasteiger partial charge on any atom is -0.372 e. The maximum absolute atomic E-state index is 13.3. The Balaban J connectivity index is 1.65. The molecule has 2 fully saturated rings. The van der Waals surface area contributed by atoms with E-state index in [1.807, 2.05) is 13.0 Å². The van der Waals surface area contributed by atoms with Crippen molar-refractivity contribution in [3.05, 3.63) is 29.2 Å². The predicted octanol–water partition coefficient (Wildman–Crippen LogP) is 3.99. The summed E-state index contributed by atoms with van der Waals surface area (Å²) in [6, 6.07) is 0.0212. The first kappa shape index (κ1) is 20.1. The molecule has 158 valence electrons. The van der Waals surface area contributed by atoms with Gasteiger partial charge in [0.2, 0.25) is 0 Å². The number of aryl methyl sites for hydroxylation is 1. The summed E-state index contributed by atoms with van der Waals surface area (Å²) in [6.07, 6.45) is -0.752. The van der Waals surface area contributed by atoms with Crippen LogP contribution in [0.4, 0.5) is 13.2 Å². The standard InChI is InChI=1S/C20H25F3N4O2/c1-11-8-14(15-9-19(2,3)6-7-29-15)25-17-13(10-24-27(11)17)18(28)26-16(12-4-5-12)20(21,22)23/h8,10,12,15-16H,4-7,9H2,1-3H3,(H,26,28). The number of hydrogen-bond donors (Lipinski definition) is 1. The SMILES string of the molecule is Cc1cc(C2CC(C)(C)CCO2)nc2c(C(=O)NC(C3CC3)C(F)(F)F)cnn12. The molecular formula is C20H25F3N4O2. The molecule has 0 aromatic carbocycles. The van der Waals surface area contributed by atoms with Gasteiger partial charge in [-0.1, -0.05) is 13.8 Å². The summed E-state index contributed by atoms with van der Waals surface area (Å²) < 4.78 is 47.3. The Morgan fingerprint density at radius 3 is 2.72 bits per heavy atom. The first-order valence-corrected chi connectivity index (χ1v) is 9.90. The number of fused-ring (bicyclic) bond motifs is 1. The molecule has 1 saturated carbocycles. The number of halogens is 3. The van der Waals surface area contributed by atoms with Crippen molar-refractivity contribution in [1.29, 1.82) is 0 Å². The van der Waals surface area contributed by atoms with Gasteiger partial charge in [-0.2, -0.15) is 18.3 Å². The van der Waals surface area contributed by atoms with Crippen LogP contribution in [0.5, 0.6) is 0 Å². The summed E-state index contributed by atoms with van der Waals surface area (Å²) >= 11 is 0. The van der Waals surface area contributed by atoms with Gasteiger partial charge in [-0.05, 0) is 50.0 Å². The number of nitrogens with zero attached hydrogens (tertiary/aromatic N) is 3. The molecule has 1 aliphatic heterocycles. The monoisotopic (exact) mass is 410 g/mol. The molecule has 2 aliphatic rings. The first-order valence-electron chi connectivity index (χ1n) is 9.90. The van der Waals surface area contributed by atoms with E-state index in [2.05, 4.69) is 29.2 Å². The molecule has 2 atom stereocenters. The van der Waals surface area contributed by atoms with Crippen LogP contribution in [0.3, 0.4) is 0 Å². The Morgan fingerprint density at radius 2 is 2.10 bits per heavy atom. The highest BCUT2D eigenvalue weighted by molar-refractivity contribution is 5.99. The molecule has 2 aromatic rings. The normalized spacial score (nSPS) is 23.2. The first-order chi connectivity index (χ1) is 13.5. The molecule has 1 N–H and O–H groups in total. The van der Waals surface area contributed by atoms with Crippen molar-refractivity contribution >= 4 is 11.6 Å². The van der Waals surface area contributed by atoms with E-state index in [0.29, 0.717) is 25.1 Å². The Hall–Kier alpha value is -2.16. The van der Waals surface area contributed by atoms with Gasteiger partial charge in [0.25, 0.3) is 5.91 Å². The molecule has 2 aromatic heterocycles. The third kappa shape index (κ3) is 4.10. The van der Waals surface area contributed by atoms with E-state index >= 15 is 0 Å². The lowest BCUT2D eigenvalue weighted by molar-refractivity contribution is -0.158. The van der Waals surface area contributed by atoms with Crippen LogP contribution in [0.25, 0.3) is 5.65 Å². The van der Waals surface area contributed by atoms with Crippen molar-refractivity contribution in [3.63, 3.8) is 0 Å². The maximum atomic E-state index is 13.3. The zero-order valence-corrected chi connectivity index (χ0v) is 16.7. The van der Waals surface area contributed by atoms with E-state index in [-0.39, 0.29) is 22.7 Å². The third-order valence-corrected chi connectivity index (χ3v) is 5.81. The number of rotatable bonds is 4. The van der Waals surface area contributed by atoms with Crippen LogP contribution >= 0.6 is 0 Å². The number of carbonyl (C=O) groups excluding carboxylic acids is 1. The van der Waals surface area contributed by atoms with Crippen LogP contribution in [0.2, 0.25) is 0 Å². The van der Waals surface area contributed by atoms with Crippen LogP contribution in [0.1, 0.15) is 67.4 Å². The quantitative estimate of drug-likeness (QED) is 0.828. The lowest BCUT2D eigenvalue weighted by Crippen LogP contribution is -2.46. The number of carbonyl (C=O) groups is 1. The lowest BCUT2D eigenvalue weighted by atomic mass is 9.81. The highest BCUT2D eigenvalue weighted by Crippen LogP contribution is 2.41. The molecule has 1 saturated heterocycles. The predicted molar refractivity (Wildman–Crippen MR) is 99.5 cm³/mol. The number of amides is 1. The van der Waals surface area contributed by atoms with Crippen molar-refractivity contribution in [1.82, 2.24) is 19.9 Å². The third-order valence-electron chi connectivity index (χ3n) is 5.81. The molecule has 6 nitrogen and oxygen atoms in total. The largest absolute Gasteiger partial charge is 0.408 e. The van der Waals surface area contributed by atoms with E-state index in [9.17, 15) is 18.0 Å². The van der Waals surface area contributed by atoms with Crippen molar-refractivity contribution in [2.24, 2.45) is 11.3 Å². The maximum Gasteiger partial charge on any atom is 0.408 e. The average molecular weight is 410 g/mol. The van der Waals surface area contributed by atoms with E-state index in [1.165, 1.54) is 10.7 Å². The number of nitrogens with one attached hydrogen (secondary N) is 1. The summed E-state index contributed by atoms with van der Waals surface area (Å²) in [5.41, 5.74) is 1.81. The molecule has 1 amide bonds. The summed E-state index contributed by atoms with van der Waals surface area (Å²) in [5, 5.41) is 6.31. The Labute approximate surface area is 166 Å². The Bertz CT molecular complexity index is 934. The Kier molecular flexibility index (Phi) is 4.83. The zero-order chi connectivity index (χ0) is 21.0. The van der Waals surface area contributed by atoms with Gasteiger partial charge in [-0.25, -0.2) is 9.50 Å². The number of ether oxygens (including phenoxy) is 1. The molecule has 2 unspecified atom stereocenters. The molecule has 1 aliphatic carbocycles. The highest BCUT2D eigenvalue weighted by atomic mass is 19.4. The van der Waals surface area contributed by atoms with Gasteiger partial charge >= 0.3 is 6.18 Å². The van der Waals surface area contributed by atoms with Crippen molar-refractivity contribution in [2.75, 3.05) is 6.61 Å². The molecular weight excluding hydrogens is 385 g/mol. The molecule has 0 spiro atoms. The minimum atomic E-state index is -4.48. The molecule has 0 radical (unpaired) electrons. The lowest BCUT2D eigenvalue weighted by Gasteiger charge is -2.35. The fraction of sp³-hybridized carbons (Fsp3) is 0.650. The van der Waals surface area contributed by atoms with Crippen molar-refractivity contribution in [2.45, 2.75) is 64.8 Å². The molecule has 29 heavy (non-hydrogen) atoms. The summed E-state index contributed by atoms with van der Waals surface area (Å²) in [6.45, 7) is 6.77. The van der Waals surface area contributed by atoms with Gasteiger partial charge in [0, 0.05) is 12.3 Å². The van der Waals surface area contributed by atoms with Gasteiger partial charge in [-0.3, -0.25) is 4.79 Å². The van der Waals surface area contributed by atoms with E-state index < -0.39 is 24.0 Å². The zero-order valence-electron chi connectivity index (χ0n) is 16.7. The van der Waals surface area contributed by atoms with Crippen LogP contribution in [-0.2, 0) is 4.74 Å². The van der Waals surface area contributed by atoms with Crippen LogP contribution in [-0.4, -0.2) is 39.3 Å². The van der Waals surface area contributed by atoms with Crippen molar-refractivity contribution in [3.8, 4) is 0 Å². The van der Waals surface area contributed by atoms with E-state index in [1.54, 1.807) is 0 Å². The number of aromatic nitrogens is 3. The summed E-state index contributed by atoms with van der Waals surface area (Å²) in [7, 11) is 0. The Morgan fingerprint density at radius 1 is 1.38 bits per heavy atom. The van der Waals surface area contributed by atoms with Gasteiger partial charge in [0.1, 0.15) is 17.7 Å². The molecule has 0 bridgehead atoms. The minimum absolute atomic E-state index is 0.0416. The topological polar surface area (TPSA) is 68.5 Å². The summed E-state index contributed by atoms with van der Waals surface area (Å²) in [5.74, 6) is -1.35. The van der Waals surface area contributed by atoms with Gasteiger partial charge in [0.05, 0.1) is 11.9 Å². The number of hydrogen-bond acceptors (Lipinski definition) is 4. The van der Waals surface area contributed by atoms with Gasteiger partial charge < -0.3 is 10.1 Å². The van der Waals surface area contributed by atoms with E-state index in [4.69, 9.17) is 4.74 Å². The van der Waals surface area contributed by atoms with Crippen LogP contribution in [0.15, 0.2) is 12.3 Å². The second kappa shape index (κ2) is 6.97. The second-order valence-electron chi connectivity index (χ2n) is 8.92. The fourth-order valence-electron chi connectivity index (χ4n) is 3.91. The highest BCUT2D eigenvalue weighted by Gasteiger charge is 2.49. The fourth-order valence-corrected chi connectivity index (χ4v) is 3.91. The van der Waals surface area contributed by atoms with Gasteiger partial charge in [0.15, 0.2) is 5.65 Å². The molecule has 3 heterocycles. The summed E-state index contributed by atoms with van der Waals surface area (Å²) in [4.78, 5) is 17.2. The molecule has 4 rings (SSSR count). The van der Waals surface area contributed by atoms with E-state index in [0.717, 1.165) is 18.5 Å². The number of alkyl halides is 3. The average Bonchev–Trinajstić information content (AvgIpc) is 3.35. The van der Waals surface area contributed by atoms with Crippen molar-refractivity contribution < 1.29 is 22.7 Å². The van der Waals surface area contributed by atoms with Crippen LogP contribution < -0.4 is 5.32 Å².